The standard InChI is InChI=1S/C29H31N5O2/c1-2-5-20(4-1)28-31-17-25(34-28)22-12-11-21(26-27(22)36-15-14-35-26)18-7-9-19(10-8-18)24-16-32-29(33-24)23-6-3-13-30-23/h7-12,16-17,20,23,30H,1-6,13-15H2,(H,31,34)(H,32,33)/t23-/m0/s1. The lowest BCUT2D eigenvalue weighted by molar-refractivity contribution is 0.173. The lowest BCUT2D eigenvalue weighted by Gasteiger charge is -2.23. The first-order chi connectivity index (χ1) is 17.8. The van der Waals surface area contributed by atoms with E-state index in [1.54, 1.807) is 0 Å². The van der Waals surface area contributed by atoms with Crippen LogP contribution in [-0.2, 0) is 0 Å². The summed E-state index contributed by atoms with van der Waals surface area (Å²) in [5.74, 6) is 4.27. The topological polar surface area (TPSA) is 87.8 Å². The van der Waals surface area contributed by atoms with Gasteiger partial charge in [0.15, 0.2) is 11.5 Å². The molecule has 1 saturated carbocycles. The van der Waals surface area contributed by atoms with Gasteiger partial charge in [-0.15, -0.1) is 0 Å². The Labute approximate surface area is 210 Å². The minimum atomic E-state index is 0.337. The average molecular weight is 482 g/mol. The highest BCUT2D eigenvalue weighted by molar-refractivity contribution is 5.83. The fourth-order valence-corrected chi connectivity index (χ4v) is 5.86. The predicted octanol–water partition coefficient (Wildman–Crippen LogP) is 5.99. The van der Waals surface area contributed by atoms with Crippen LogP contribution >= 0.6 is 0 Å². The lowest BCUT2D eigenvalue weighted by Crippen LogP contribution is -2.16. The minimum absolute atomic E-state index is 0.337. The van der Waals surface area contributed by atoms with Crippen LogP contribution in [0.15, 0.2) is 48.8 Å². The Kier molecular flexibility index (Phi) is 5.50. The number of nitrogens with one attached hydrogen (secondary N) is 3. The molecule has 0 unspecified atom stereocenters. The van der Waals surface area contributed by atoms with Crippen molar-refractivity contribution < 1.29 is 9.47 Å². The molecule has 2 aliphatic heterocycles. The Morgan fingerprint density at radius 3 is 2.11 bits per heavy atom. The van der Waals surface area contributed by atoms with E-state index in [9.17, 15) is 0 Å². The van der Waals surface area contributed by atoms with Crippen LogP contribution < -0.4 is 14.8 Å². The highest BCUT2D eigenvalue weighted by Crippen LogP contribution is 2.46. The molecular weight excluding hydrogens is 450 g/mol. The number of H-pyrrole nitrogens is 2. The molecule has 1 saturated heterocycles. The van der Waals surface area contributed by atoms with E-state index in [1.807, 2.05) is 12.4 Å². The predicted molar refractivity (Wildman–Crippen MR) is 139 cm³/mol. The van der Waals surface area contributed by atoms with Gasteiger partial charge in [-0.05, 0) is 55.5 Å². The normalized spacial score (nSPS) is 19.7. The van der Waals surface area contributed by atoms with Crippen molar-refractivity contribution in [1.29, 1.82) is 0 Å². The third-order valence-electron chi connectivity index (χ3n) is 7.81. The first-order valence-corrected chi connectivity index (χ1v) is 13.2. The summed E-state index contributed by atoms with van der Waals surface area (Å²) in [6, 6.07) is 13.2. The van der Waals surface area contributed by atoms with Crippen LogP contribution in [0.1, 0.15) is 62.1 Å². The van der Waals surface area contributed by atoms with Crippen LogP contribution in [0.25, 0.3) is 33.6 Å². The first kappa shape index (κ1) is 21.7. The second-order valence-corrected chi connectivity index (χ2v) is 10.1. The summed E-state index contributed by atoms with van der Waals surface area (Å²) >= 11 is 0. The van der Waals surface area contributed by atoms with E-state index in [1.165, 1.54) is 32.1 Å². The van der Waals surface area contributed by atoms with Gasteiger partial charge in [0.1, 0.15) is 24.9 Å². The van der Waals surface area contributed by atoms with Crippen LogP contribution in [0, 0.1) is 0 Å². The number of fused-ring (bicyclic) bond motifs is 1. The van der Waals surface area contributed by atoms with E-state index in [0.29, 0.717) is 25.2 Å². The quantitative estimate of drug-likeness (QED) is 0.326. The van der Waals surface area contributed by atoms with Crippen molar-refractivity contribution >= 4 is 0 Å². The van der Waals surface area contributed by atoms with Crippen LogP contribution in [0.3, 0.4) is 0 Å². The summed E-state index contributed by atoms with van der Waals surface area (Å²) in [4.78, 5) is 16.4. The molecule has 7 rings (SSSR count). The average Bonchev–Trinajstić information content (AvgIpc) is 3.75. The fourth-order valence-electron chi connectivity index (χ4n) is 5.86. The van der Waals surface area contributed by atoms with E-state index in [4.69, 9.17) is 14.5 Å². The van der Waals surface area contributed by atoms with Gasteiger partial charge in [-0.25, -0.2) is 9.97 Å². The van der Waals surface area contributed by atoms with E-state index in [0.717, 1.165) is 69.8 Å². The van der Waals surface area contributed by atoms with Crippen molar-refractivity contribution in [3.63, 3.8) is 0 Å². The van der Waals surface area contributed by atoms with Crippen LogP contribution in [0.2, 0.25) is 0 Å². The van der Waals surface area contributed by atoms with E-state index in [2.05, 4.69) is 56.7 Å². The maximum absolute atomic E-state index is 6.17. The molecule has 184 valence electrons. The van der Waals surface area contributed by atoms with E-state index < -0.39 is 0 Å². The molecule has 3 aliphatic rings. The van der Waals surface area contributed by atoms with Gasteiger partial charge >= 0.3 is 0 Å². The second-order valence-electron chi connectivity index (χ2n) is 10.1. The maximum atomic E-state index is 6.17. The van der Waals surface area contributed by atoms with Crippen molar-refractivity contribution in [2.24, 2.45) is 0 Å². The summed E-state index contributed by atoms with van der Waals surface area (Å²) in [6.45, 7) is 2.15. The molecular formula is C29H31N5O2. The summed E-state index contributed by atoms with van der Waals surface area (Å²) in [5, 5.41) is 3.50. The van der Waals surface area contributed by atoms with Gasteiger partial charge in [-0.2, -0.15) is 0 Å². The van der Waals surface area contributed by atoms with E-state index >= 15 is 0 Å². The smallest absolute Gasteiger partial charge is 0.171 e. The molecule has 0 radical (unpaired) electrons. The molecule has 1 atom stereocenters. The summed E-state index contributed by atoms with van der Waals surface area (Å²) in [5.41, 5.74) is 6.30. The number of aromatic amines is 2. The molecule has 7 heteroatoms. The molecule has 2 fully saturated rings. The van der Waals surface area contributed by atoms with Crippen LogP contribution in [0.4, 0.5) is 0 Å². The van der Waals surface area contributed by atoms with Crippen molar-refractivity contribution in [3.05, 3.63) is 60.4 Å². The van der Waals surface area contributed by atoms with Crippen molar-refractivity contribution in [3.8, 4) is 45.1 Å². The molecule has 2 aromatic heterocycles. The van der Waals surface area contributed by atoms with Gasteiger partial charge in [0.05, 0.1) is 29.8 Å². The SMILES string of the molecule is c1cc(-c2ccc(-c3cnc(C4CCCC4)[nH]3)c3c2OCCO3)ccc1-c1cnc([C@@H]2CCCN2)[nH]1. The summed E-state index contributed by atoms with van der Waals surface area (Å²) < 4.78 is 12.3. The number of hydrogen-bond acceptors (Lipinski definition) is 5. The van der Waals surface area contributed by atoms with Gasteiger partial charge < -0.3 is 24.8 Å². The fraction of sp³-hybridized carbons (Fsp3) is 0.379. The summed E-state index contributed by atoms with van der Waals surface area (Å²) in [7, 11) is 0. The minimum Gasteiger partial charge on any atom is -0.485 e. The van der Waals surface area contributed by atoms with Crippen LogP contribution in [0.5, 0.6) is 11.5 Å². The summed E-state index contributed by atoms with van der Waals surface area (Å²) in [6.07, 6.45) is 11.2. The number of benzene rings is 2. The zero-order valence-electron chi connectivity index (χ0n) is 20.3. The van der Waals surface area contributed by atoms with Gasteiger partial charge in [0.25, 0.3) is 0 Å². The zero-order valence-corrected chi connectivity index (χ0v) is 20.3. The van der Waals surface area contributed by atoms with E-state index in [-0.39, 0.29) is 0 Å². The molecule has 2 aromatic carbocycles. The Morgan fingerprint density at radius 2 is 1.33 bits per heavy atom. The Balaban J connectivity index is 1.18. The first-order valence-electron chi connectivity index (χ1n) is 13.2. The van der Waals surface area contributed by atoms with Gasteiger partial charge in [0.2, 0.25) is 0 Å². The van der Waals surface area contributed by atoms with Gasteiger partial charge in [-0.3, -0.25) is 0 Å². The largest absolute Gasteiger partial charge is 0.485 e. The number of aromatic nitrogens is 4. The molecule has 7 nitrogen and oxygen atoms in total. The Hall–Kier alpha value is -3.58. The third kappa shape index (κ3) is 3.88. The van der Waals surface area contributed by atoms with Gasteiger partial charge in [0, 0.05) is 17.0 Å². The highest BCUT2D eigenvalue weighted by Gasteiger charge is 2.25. The van der Waals surface area contributed by atoms with Crippen molar-refractivity contribution in [2.45, 2.75) is 50.5 Å². The molecule has 3 N–H and O–H groups in total. The van der Waals surface area contributed by atoms with Crippen molar-refractivity contribution in [2.75, 3.05) is 19.8 Å². The lowest BCUT2D eigenvalue weighted by atomic mass is 9.98. The van der Waals surface area contributed by atoms with Crippen molar-refractivity contribution in [1.82, 2.24) is 25.3 Å². The maximum Gasteiger partial charge on any atom is 0.171 e. The monoisotopic (exact) mass is 481 g/mol. The highest BCUT2D eigenvalue weighted by atomic mass is 16.6. The molecule has 4 heterocycles. The number of rotatable bonds is 5. The molecule has 36 heavy (non-hydrogen) atoms. The second kappa shape index (κ2) is 9.13. The number of nitrogens with zero attached hydrogens (tertiary/aromatic N) is 2. The molecule has 0 amide bonds. The van der Waals surface area contributed by atoms with Crippen LogP contribution in [-0.4, -0.2) is 39.7 Å². The molecule has 0 spiro atoms. The Morgan fingerprint density at radius 1 is 0.667 bits per heavy atom. The molecule has 1 aliphatic carbocycles. The Bertz CT molecular complexity index is 1360. The number of imidazole rings is 2. The zero-order chi connectivity index (χ0) is 23.9. The number of hydrogen-bond donors (Lipinski definition) is 3. The van der Waals surface area contributed by atoms with Gasteiger partial charge in [-0.1, -0.05) is 37.1 Å². The number of ether oxygens (including phenoxy) is 2. The molecule has 4 aromatic rings. The molecule has 0 bridgehead atoms. The third-order valence-corrected chi connectivity index (χ3v) is 7.81.